The molecule has 1 fully saturated rings. The van der Waals surface area contributed by atoms with Crippen LogP contribution in [0.25, 0.3) is 0 Å². The first-order valence-electron chi connectivity index (χ1n) is 7.97. The molecule has 0 saturated carbocycles. The molecule has 22 heavy (non-hydrogen) atoms. The number of carbonyl (C=O) groups excluding carboxylic acids is 1. The molecule has 2 heteroatoms. The lowest BCUT2D eigenvalue weighted by atomic mass is 9.71. The van der Waals surface area contributed by atoms with Crippen LogP contribution in [0.3, 0.4) is 0 Å². The Bertz CT molecular complexity index is 577. The third-order valence-corrected chi connectivity index (χ3v) is 4.54. The van der Waals surface area contributed by atoms with E-state index in [1.165, 1.54) is 11.1 Å². The average Bonchev–Trinajstić information content (AvgIpc) is 2.53. The number of ether oxygens (including phenoxy) is 1. The van der Waals surface area contributed by atoms with Gasteiger partial charge in [0.2, 0.25) is 0 Å². The van der Waals surface area contributed by atoms with Crippen molar-refractivity contribution in [3.63, 3.8) is 0 Å². The second-order valence-electron chi connectivity index (χ2n) is 6.36. The van der Waals surface area contributed by atoms with Crippen molar-refractivity contribution >= 4 is 5.97 Å². The molecule has 1 aliphatic heterocycles. The minimum atomic E-state index is -0.435. The fraction of sp³-hybridized carbons (Fsp3) is 0.350. The van der Waals surface area contributed by atoms with Crippen molar-refractivity contribution in [3.8, 4) is 0 Å². The lowest BCUT2D eigenvalue weighted by molar-refractivity contribution is -0.169. The predicted octanol–water partition coefficient (Wildman–Crippen LogP) is 4.18. The molecule has 1 unspecified atom stereocenters. The van der Waals surface area contributed by atoms with Crippen LogP contribution in [0.2, 0.25) is 0 Å². The second-order valence-corrected chi connectivity index (χ2v) is 6.36. The van der Waals surface area contributed by atoms with Gasteiger partial charge in [-0.15, -0.1) is 0 Å². The van der Waals surface area contributed by atoms with Crippen LogP contribution in [-0.2, 0) is 22.4 Å². The van der Waals surface area contributed by atoms with Crippen molar-refractivity contribution in [2.75, 3.05) is 0 Å². The molecular formula is C20H22O2. The Balaban J connectivity index is 1.90. The summed E-state index contributed by atoms with van der Waals surface area (Å²) in [5.74, 6) is -0.0426. The van der Waals surface area contributed by atoms with Crippen molar-refractivity contribution in [2.45, 2.75) is 38.7 Å². The first-order chi connectivity index (χ1) is 10.7. The highest BCUT2D eigenvalue weighted by Gasteiger charge is 2.43. The van der Waals surface area contributed by atoms with E-state index < -0.39 is 5.41 Å². The van der Waals surface area contributed by atoms with Crippen molar-refractivity contribution in [1.29, 1.82) is 0 Å². The molecule has 2 aromatic carbocycles. The number of cyclic esters (lactones) is 1. The number of benzene rings is 2. The molecule has 1 heterocycles. The Kier molecular flexibility index (Phi) is 4.28. The first-order valence-corrected chi connectivity index (χ1v) is 7.97. The summed E-state index contributed by atoms with van der Waals surface area (Å²) >= 11 is 0. The quantitative estimate of drug-likeness (QED) is 0.791. The minimum absolute atomic E-state index is 0.0344. The molecule has 1 aliphatic rings. The third-order valence-electron chi connectivity index (χ3n) is 4.54. The zero-order valence-corrected chi connectivity index (χ0v) is 13.0. The van der Waals surface area contributed by atoms with E-state index in [1.807, 2.05) is 43.3 Å². The molecule has 3 rings (SSSR count). The minimum Gasteiger partial charge on any atom is -0.462 e. The molecule has 2 aromatic rings. The van der Waals surface area contributed by atoms with Gasteiger partial charge < -0.3 is 4.74 Å². The number of rotatable bonds is 4. The van der Waals surface area contributed by atoms with Gasteiger partial charge in [-0.3, -0.25) is 4.79 Å². The van der Waals surface area contributed by atoms with Gasteiger partial charge in [-0.25, -0.2) is 0 Å². The Morgan fingerprint density at radius 1 is 0.955 bits per heavy atom. The van der Waals surface area contributed by atoms with E-state index in [9.17, 15) is 4.79 Å². The maximum Gasteiger partial charge on any atom is 0.313 e. The smallest absolute Gasteiger partial charge is 0.313 e. The maximum absolute atomic E-state index is 12.7. The van der Waals surface area contributed by atoms with E-state index in [0.29, 0.717) is 0 Å². The number of hydrogen-bond acceptors (Lipinski definition) is 2. The molecule has 0 aliphatic carbocycles. The van der Waals surface area contributed by atoms with E-state index >= 15 is 0 Å². The first kappa shape index (κ1) is 14.8. The molecule has 114 valence electrons. The van der Waals surface area contributed by atoms with E-state index in [4.69, 9.17) is 4.74 Å². The summed E-state index contributed by atoms with van der Waals surface area (Å²) in [7, 11) is 0. The highest BCUT2D eigenvalue weighted by Crippen LogP contribution is 2.39. The Morgan fingerprint density at radius 2 is 1.45 bits per heavy atom. The second kappa shape index (κ2) is 6.35. The zero-order valence-electron chi connectivity index (χ0n) is 13.0. The van der Waals surface area contributed by atoms with Gasteiger partial charge in [-0.2, -0.15) is 0 Å². The third kappa shape index (κ3) is 3.22. The van der Waals surface area contributed by atoms with Gasteiger partial charge in [-0.1, -0.05) is 60.7 Å². The van der Waals surface area contributed by atoms with Gasteiger partial charge in [0.25, 0.3) is 0 Å². The molecular weight excluding hydrogens is 272 g/mol. The lowest BCUT2D eigenvalue weighted by Gasteiger charge is -2.38. The molecule has 0 N–H and O–H groups in total. The normalized spacial score (nSPS) is 20.4. The van der Waals surface area contributed by atoms with Gasteiger partial charge >= 0.3 is 5.97 Å². The van der Waals surface area contributed by atoms with Crippen molar-refractivity contribution in [2.24, 2.45) is 5.41 Å². The number of carbonyl (C=O) groups is 1. The molecule has 1 saturated heterocycles. The molecule has 0 bridgehead atoms. The van der Waals surface area contributed by atoms with Crippen molar-refractivity contribution in [3.05, 3.63) is 71.8 Å². The lowest BCUT2D eigenvalue weighted by Crippen LogP contribution is -2.43. The standard InChI is InChI=1S/C20H22O2/c1-16-12-13-20(19(21)22-16,14-17-8-4-2-5-9-17)15-18-10-6-3-7-11-18/h2-11,16H,12-15H2,1H3. The molecule has 1 atom stereocenters. The molecule has 2 nitrogen and oxygen atoms in total. The summed E-state index contributed by atoms with van der Waals surface area (Å²) in [6.07, 6.45) is 3.34. The maximum atomic E-state index is 12.7. The van der Waals surface area contributed by atoms with Crippen LogP contribution in [0.4, 0.5) is 0 Å². The highest BCUT2D eigenvalue weighted by atomic mass is 16.5. The summed E-state index contributed by atoms with van der Waals surface area (Å²) in [6.45, 7) is 1.98. The summed E-state index contributed by atoms with van der Waals surface area (Å²) in [4.78, 5) is 12.7. The number of hydrogen-bond donors (Lipinski definition) is 0. The van der Waals surface area contributed by atoms with Crippen LogP contribution in [0.1, 0.15) is 30.9 Å². The fourth-order valence-electron chi connectivity index (χ4n) is 3.31. The van der Waals surface area contributed by atoms with Gasteiger partial charge in [-0.05, 0) is 43.7 Å². The van der Waals surface area contributed by atoms with Crippen LogP contribution in [0.15, 0.2) is 60.7 Å². The van der Waals surface area contributed by atoms with Gasteiger partial charge in [0, 0.05) is 0 Å². The molecule has 0 aromatic heterocycles. The Morgan fingerprint density at radius 3 is 1.91 bits per heavy atom. The van der Waals surface area contributed by atoms with Gasteiger partial charge in [0.05, 0.1) is 11.5 Å². The van der Waals surface area contributed by atoms with Crippen LogP contribution >= 0.6 is 0 Å². The van der Waals surface area contributed by atoms with Crippen LogP contribution in [0.5, 0.6) is 0 Å². The van der Waals surface area contributed by atoms with E-state index in [1.54, 1.807) is 0 Å². The van der Waals surface area contributed by atoms with Gasteiger partial charge in [0.15, 0.2) is 0 Å². The van der Waals surface area contributed by atoms with E-state index in [-0.39, 0.29) is 12.1 Å². The largest absolute Gasteiger partial charge is 0.462 e. The van der Waals surface area contributed by atoms with E-state index in [2.05, 4.69) is 24.3 Å². The van der Waals surface area contributed by atoms with Gasteiger partial charge in [0.1, 0.15) is 0 Å². The summed E-state index contributed by atoms with van der Waals surface area (Å²) in [6, 6.07) is 20.5. The molecule has 0 spiro atoms. The van der Waals surface area contributed by atoms with Crippen LogP contribution < -0.4 is 0 Å². The fourth-order valence-corrected chi connectivity index (χ4v) is 3.31. The summed E-state index contributed by atoms with van der Waals surface area (Å²) < 4.78 is 5.61. The van der Waals surface area contributed by atoms with Crippen molar-refractivity contribution < 1.29 is 9.53 Å². The van der Waals surface area contributed by atoms with Crippen molar-refractivity contribution in [1.82, 2.24) is 0 Å². The SMILES string of the molecule is CC1CCC(Cc2ccccc2)(Cc2ccccc2)C(=O)O1. The average molecular weight is 294 g/mol. The number of esters is 1. The van der Waals surface area contributed by atoms with Crippen LogP contribution in [-0.4, -0.2) is 12.1 Å². The van der Waals surface area contributed by atoms with Crippen LogP contribution in [0, 0.1) is 5.41 Å². The van der Waals surface area contributed by atoms with E-state index in [0.717, 1.165) is 25.7 Å². The monoisotopic (exact) mass is 294 g/mol. The summed E-state index contributed by atoms with van der Waals surface area (Å²) in [5.41, 5.74) is 1.96. The summed E-state index contributed by atoms with van der Waals surface area (Å²) in [5, 5.41) is 0. The predicted molar refractivity (Wildman–Crippen MR) is 87.5 cm³/mol. The topological polar surface area (TPSA) is 26.3 Å². The molecule has 0 radical (unpaired) electrons. The highest BCUT2D eigenvalue weighted by molar-refractivity contribution is 5.78. The Hall–Kier alpha value is -2.09. The zero-order chi connectivity index (χ0) is 15.4. The molecule has 0 amide bonds. The Labute approximate surface area is 132 Å².